The van der Waals surface area contributed by atoms with Crippen molar-refractivity contribution in [2.45, 2.75) is 31.3 Å². The fourth-order valence-corrected chi connectivity index (χ4v) is 4.46. The van der Waals surface area contributed by atoms with Crippen molar-refractivity contribution in [3.8, 4) is 5.69 Å². The second kappa shape index (κ2) is 8.22. The maximum absolute atomic E-state index is 14.3. The summed E-state index contributed by atoms with van der Waals surface area (Å²) in [6, 6.07) is 11.6. The van der Waals surface area contributed by atoms with Crippen LogP contribution in [0.4, 0.5) is 25.2 Å². The van der Waals surface area contributed by atoms with Gasteiger partial charge in [0.15, 0.2) is 11.6 Å². The van der Waals surface area contributed by atoms with E-state index < -0.39 is 17.2 Å². The minimum absolute atomic E-state index is 0.0992. The molecule has 2 aromatic heterocycles. The molecule has 1 amide bonds. The van der Waals surface area contributed by atoms with Crippen molar-refractivity contribution in [2.75, 3.05) is 23.3 Å². The minimum atomic E-state index is -0.531. The monoisotopic (exact) mass is 439 g/mol. The molecule has 0 radical (unpaired) electrons. The van der Waals surface area contributed by atoms with Crippen molar-refractivity contribution >= 4 is 17.7 Å². The van der Waals surface area contributed by atoms with Crippen molar-refractivity contribution in [1.82, 2.24) is 14.8 Å². The highest BCUT2D eigenvalue weighted by atomic mass is 19.1. The van der Waals surface area contributed by atoms with Gasteiger partial charge in [0.25, 0.3) is 0 Å². The van der Waals surface area contributed by atoms with Crippen molar-refractivity contribution in [2.24, 2.45) is 5.92 Å². The van der Waals surface area contributed by atoms with Crippen molar-refractivity contribution in [1.29, 1.82) is 0 Å². The lowest BCUT2D eigenvalue weighted by Crippen LogP contribution is -2.39. The standard InChI is InChI=1S/C23H23F2N5O2/c24-17-5-1-2-6-19(17)30-14-18(25)21(28-30)27-13-16-8-10-23(11-9-16)15-29(22(31)32-23)20-7-3-4-12-26-20/h1-7,12,14,16H,8-11,13,15H2,(H,27,28). The highest BCUT2D eigenvalue weighted by molar-refractivity contribution is 5.89. The molecule has 3 aromatic rings. The molecule has 1 aliphatic heterocycles. The highest BCUT2D eigenvalue weighted by Gasteiger charge is 2.48. The van der Waals surface area contributed by atoms with Gasteiger partial charge in [-0.3, -0.25) is 4.90 Å². The number of nitrogens with zero attached hydrogens (tertiary/aromatic N) is 4. The number of carbonyl (C=O) groups excluding carboxylic acids is 1. The summed E-state index contributed by atoms with van der Waals surface area (Å²) in [4.78, 5) is 18.2. The topological polar surface area (TPSA) is 72.3 Å². The van der Waals surface area contributed by atoms with Crippen LogP contribution in [0.2, 0.25) is 0 Å². The average Bonchev–Trinajstić information content (AvgIpc) is 3.34. The number of carbonyl (C=O) groups is 1. The Morgan fingerprint density at radius 3 is 2.62 bits per heavy atom. The molecule has 1 aromatic carbocycles. The smallest absolute Gasteiger partial charge is 0.416 e. The molecule has 2 fully saturated rings. The Morgan fingerprint density at radius 2 is 1.88 bits per heavy atom. The van der Waals surface area contributed by atoms with Gasteiger partial charge in [0.05, 0.1) is 12.7 Å². The predicted molar refractivity (Wildman–Crippen MR) is 115 cm³/mol. The first-order valence-corrected chi connectivity index (χ1v) is 10.7. The van der Waals surface area contributed by atoms with Gasteiger partial charge >= 0.3 is 6.09 Å². The van der Waals surface area contributed by atoms with Gasteiger partial charge in [-0.05, 0) is 55.9 Å². The number of anilines is 2. The van der Waals surface area contributed by atoms with E-state index >= 15 is 0 Å². The molecular weight excluding hydrogens is 416 g/mol. The zero-order chi connectivity index (χ0) is 22.1. The summed E-state index contributed by atoms with van der Waals surface area (Å²) in [5.41, 5.74) is -0.303. The number of hydrogen-bond donors (Lipinski definition) is 1. The molecule has 1 N–H and O–H groups in total. The van der Waals surface area contributed by atoms with Gasteiger partial charge < -0.3 is 10.1 Å². The minimum Gasteiger partial charge on any atom is -0.441 e. The Hall–Kier alpha value is -3.49. The third-order valence-electron chi connectivity index (χ3n) is 6.24. The summed E-state index contributed by atoms with van der Waals surface area (Å²) >= 11 is 0. The number of nitrogens with one attached hydrogen (secondary N) is 1. The fourth-order valence-electron chi connectivity index (χ4n) is 4.46. The van der Waals surface area contributed by atoms with E-state index in [1.807, 2.05) is 6.07 Å². The summed E-state index contributed by atoms with van der Waals surface area (Å²) in [6.45, 7) is 1.03. The SMILES string of the molecule is O=C1OC2(CCC(CNc3nn(-c4ccccc4F)cc3F)CC2)CN1c1ccccn1. The van der Waals surface area contributed by atoms with Crippen LogP contribution in [-0.4, -0.2) is 39.5 Å². The number of para-hydroxylation sites is 1. The van der Waals surface area contributed by atoms with E-state index in [-0.39, 0.29) is 17.6 Å². The van der Waals surface area contributed by atoms with Crippen molar-refractivity contribution < 1.29 is 18.3 Å². The van der Waals surface area contributed by atoms with Gasteiger partial charge in [-0.15, -0.1) is 5.10 Å². The molecule has 0 atom stereocenters. The van der Waals surface area contributed by atoms with Crippen LogP contribution in [0.1, 0.15) is 25.7 Å². The lowest BCUT2D eigenvalue weighted by Gasteiger charge is -2.35. The lowest BCUT2D eigenvalue weighted by molar-refractivity contribution is 0.0148. The number of rotatable bonds is 5. The Bertz CT molecular complexity index is 1110. The van der Waals surface area contributed by atoms with Crippen LogP contribution in [0.15, 0.2) is 54.9 Å². The predicted octanol–water partition coefficient (Wildman–Crippen LogP) is 4.54. The summed E-state index contributed by atoms with van der Waals surface area (Å²) in [7, 11) is 0. The fraction of sp³-hybridized carbons (Fsp3) is 0.348. The van der Waals surface area contributed by atoms with E-state index in [1.54, 1.807) is 41.4 Å². The molecule has 3 heterocycles. The molecule has 2 aliphatic rings. The summed E-state index contributed by atoms with van der Waals surface area (Å²) in [5.74, 6) is -0.0104. The molecule has 0 bridgehead atoms. The van der Waals surface area contributed by atoms with Crippen molar-refractivity contribution in [3.05, 3.63) is 66.5 Å². The summed E-state index contributed by atoms with van der Waals surface area (Å²) in [5, 5.41) is 7.21. The van der Waals surface area contributed by atoms with E-state index in [9.17, 15) is 13.6 Å². The number of halogens is 2. The number of pyridine rings is 1. The van der Waals surface area contributed by atoms with Crippen LogP contribution in [0, 0.1) is 17.6 Å². The molecule has 1 spiro atoms. The molecular formula is C23H23F2N5O2. The van der Waals surface area contributed by atoms with E-state index in [4.69, 9.17) is 4.74 Å². The number of amides is 1. The molecule has 0 unspecified atom stereocenters. The van der Waals surface area contributed by atoms with Crippen LogP contribution in [0.25, 0.3) is 5.69 Å². The molecule has 1 aliphatic carbocycles. The zero-order valence-corrected chi connectivity index (χ0v) is 17.4. The lowest BCUT2D eigenvalue weighted by atomic mass is 9.78. The third-order valence-corrected chi connectivity index (χ3v) is 6.24. The molecule has 5 rings (SSSR count). The first-order chi connectivity index (χ1) is 15.5. The third kappa shape index (κ3) is 3.90. The maximum Gasteiger partial charge on any atom is 0.416 e. The second-order valence-corrected chi connectivity index (χ2v) is 8.37. The highest BCUT2D eigenvalue weighted by Crippen LogP contribution is 2.40. The van der Waals surface area contributed by atoms with Gasteiger partial charge in [0.1, 0.15) is 22.9 Å². The van der Waals surface area contributed by atoms with E-state index in [2.05, 4.69) is 15.4 Å². The zero-order valence-electron chi connectivity index (χ0n) is 17.4. The van der Waals surface area contributed by atoms with Gasteiger partial charge in [-0.25, -0.2) is 23.2 Å². The van der Waals surface area contributed by atoms with E-state index in [0.29, 0.717) is 24.8 Å². The maximum atomic E-state index is 14.3. The molecule has 9 heteroatoms. The molecule has 1 saturated carbocycles. The van der Waals surface area contributed by atoms with E-state index in [1.165, 1.54) is 16.9 Å². The molecule has 166 valence electrons. The second-order valence-electron chi connectivity index (χ2n) is 8.37. The van der Waals surface area contributed by atoms with Gasteiger partial charge in [-0.2, -0.15) is 0 Å². The van der Waals surface area contributed by atoms with Crippen LogP contribution >= 0.6 is 0 Å². The number of hydrogen-bond acceptors (Lipinski definition) is 5. The van der Waals surface area contributed by atoms with Crippen LogP contribution < -0.4 is 10.2 Å². The Morgan fingerprint density at radius 1 is 1.09 bits per heavy atom. The summed E-state index contributed by atoms with van der Waals surface area (Å²) < 4.78 is 35.3. The Kier molecular flexibility index (Phi) is 5.24. The normalized spacial score (nSPS) is 22.9. The number of aromatic nitrogens is 3. The van der Waals surface area contributed by atoms with E-state index in [0.717, 1.165) is 25.7 Å². The van der Waals surface area contributed by atoms with Crippen molar-refractivity contribution in [3.63, 3.8) is 0 Å². The molecule has 1 saturated heterocycles. The molecule has 32 heavy (non-hydrogen) atoms. The Balaban J connectivity index is 1.18. The summed E-state index contributed by atoms with van der Waals surface area (Å²) in [6.07, 6.45) is 5.61. The number of ether oxygens (including phenoxy) is 1. The van der Waals surface area contributed by atoms with Crippen LogP contribution in [0.3, 0.4) is 0 Å². The van der Waals surface area contributed by atoms with Crippen LogP contribution in [0.5, 0.6) is 0 Å². The van der Waals surface area contributed by atoms with Gasteiger partial charge in [0.2, 0.25) is 0 Å². The molecule has 7 nitrogen and oxygen atoms in total. The van der Waals surface area contributed by atoms with Gasteiger partial charge in [-0.1, -0.05) is 18.2 Å². The first-order valence-electron chi connectivity index (χ1n) is 10.7. The Labute approximate surface area is 184 Å². The average molecular weight is 439 g/mol. The first kappa shape index (κ1) is 20.4. The number of benzene rings is 1. The van der Waals surface area contributed by atoms with Crippen LogP contribution in [-0.2, 0) is 4.74 Å². The quantitative estimate of drug-likeness (QED) is 0.632. The van der Waals surface area contributed by atoms with Gasteiger partial charge in [0, 0.05) is 12.7 Å². The largest absolute Gasteiger partial charge is 0.441 e.